The van der Waals surface area contributed by atoms with Gasteiger partial charge in [0.05, 0.1) is 18.3 Å². The van der Waals surface area contributed by atoms with Crippen molar-refractivity contribution in [1.82, 2.24) is 5.32 Å². The monoisotopic (exact) mass is 229 g/mol. The summed E-state index contributed by atoms with van der Waals surface area (Å²) in [4.78, 5) is 0. The fraction of sp³-hybridized carbons (Fsp3) is 1.00. The summed E-state index contributed by atoms with van der Waals surface area (Å²) in [5.74, 6) is 0. The van der Waals surface area contributed by atoms with Gasteiger partial charge >= 0.3 is 0 Å². The molecular formula is C12H23NO3. The highest BCUT2D eigenvalue weighted by Crippen LogP contribution is 2.23. The van der Waals surface area contributed by atoms with Crippen molar-refractivity contribution >= 4 is 0 Å². The molecule has 0 saturated carbocycles. The Morgan fingerprint density at radius 3 is 2.81 bits per heavy atom. The van der Waals surface area contributed by atoms with Crippen LogP contribution in [0.25, 0.3) is 0 Å². The molecule has 0 aromatic rings. The van der Waals surface area contributed by atoms with E-state index in [1.165, 1.54) is 0 Å². The predicted octanol–water partition coefficient (Wildman–Crippen LogP) is 1.30. The number of rotatable bonds is 3. The predicted molar refractivity (Wildman–Crippen MR) is 61.4 cm³/mol. The van der Waals surface area contributed by atoms with E-state index in [1.54, 1.807) is 0 Å². The van der Waals surface area contributed by atoms with E-state index in [2.05, 4.69) is 19.2 Å². The molecule has 4 nitrogen and oxygen atoms in total. The molecule has 0 spiro atoms. The van der Waals surface area contributed by atoms with Crippen LogP contribution < -0.4 is 5.32 Å². The molecular weight excluding hydrogens is 206 g/mol. The summed E-state index contributed by atoms with van der Waals surface area (Å²) in [5.41, 5.74) is 0.0203. The van der Waals surface area contributed by atoms with Gasteiger partial charge in [0.25, 0.3) is 0 Å². The van der Waals surface area contributed by atoms with Gasteiger partial charge in [0.2, 0.25) is 0 Å². The van der Waals surface area contributed by atoms with Crippen molar-refractivity contribution < 1.29 is 14.2 Å². The molecule has 2 rings (SSSR count). The lowest BCUT2D eigenvalue weighted by molar-refractivity contribution is -0.139. The Labute approximate surface area is 97.6 Å². The highest BCUT2D eigenvalue weighted by atomic mass is 16.7. The van der Waals surface area contributed by atoms with Crippen LogP contribution in [0.4, 0.5) is 0 Å². The van der Waals surface area contributed by atoms with E-state index in [0.29, 0.717) is 18.9 Å². The summed E-state index contributed by atoms with van der Waals surface area (Å²) in [6.07, 6.45) is 3.50. The molecule has 2 unspecified atom stereocenters. The van der Waals surface area contributed by atoms with Crippen LogP contribution in [0.1, 0.15) is 33.1 Å². The minimum Gasteiger partial charge on any atom is -0.375 e. The van der Waals surface area contributed by atoms with Crippen LogP contribution in [0.2, 0.25) is 0 Å². The fourth-order valence-corrected chi connectivity index (χ4v) is 2.37. The van der Waals surface area contributed by atoms with Gasteiger partial charge in [-0.2, -0.15) is 0 Å². The molecule has 2 atom stereocenters. The molecule has 2 heterocycles. The summed E-state index contributed by atoms with van der Waals surface area (Å²) < 4.78 is 16.4. The molecule has 2 aliphatic heterocycles. The summed E-state index contributed by atoms with van der Waals surface area (Å²) in [6.45, 7) is 7.39. The Balaban J connectivity index is 1.68. The standard InChI is InChI=1S/C12H23NO3/c1-12(2)7-10(3-6-16-12)13-8-11-4-5-14-9-15-11/h10-11,13H,3-9H2,1-2H3. The third-order valence-electron chi connectivity index (χ3n) is 3.30. The molecule has 2 fully saturated rings. The van der Waals surface area contributed by atoms with Gasteiger partial charge in [0.15, 0.2) is 0 Å². The third-order valence-corrected chi connectivity index (χ3v) is 3.30. The first-order valence-electron chi connectivity index (χ1n) is 6.22. The second-order valence-electron chi connectivity index (χ2n) is 5.31. The van der Waals surface area contributed by atoms with Crippen LogP contribution in [0.15, 0.2) is 0 Å². The zero-order chi connectivity index (χ0) is 11.4. The fourth-order valence-electron chi connectivity index (χ4n) is 2.37. The van der Waals surface area contributed by atoms with Crippen LogP contribution in [-0.4, -0.2) is 44.3 Å². The van der Waals surface area contributed by atoms with Gasteiger partial charge in [-0.05, 0) is 33.1 Å². The van der Waals surface area contributed by atoms with Crippen molar-refractivity contribution in [3.05, 3.63) is 0 Å². The third kappa shape index (κ3) is 3.70. The molecule has 0 aromatic carbocycles. The van der Waals surface area contributed by atoms with Crippen molar-refractivity contribution in [2.45, 2.75) is 50.9 Å². The number of nitrogens with one attached hydrogen (secondary N) is 1. The van der Waals surface area contributed by atoms with E-state index in [1.807, 2.05) is 0 Å². The van der Waals surface area contributed by atoms with Gasteiger partial charge in [-0.15, -0.1) is 0 Å². The van der Waals surface area contributed by atoms with Crippen LogP contribution in [0.5, 0.6) is 0 Å². The van der Waals surface area contributed by atoms with Crippen LogP contribution >= 0.6 is 0 Å². The minimum absolute atomic E-state index is 0.0203. The van der Waals surface area contributed by atoms with Crippen LogP contribution in [0.3, 0.4) is 0 Å². The molecule has 1 N–H and O–H groups in total. The molecule has 2 saturated heterocycles. The maximum Gasteiger partial charge on any atom is 0.147 e. The quantitative estimate of drug-likeness (QED) is 0.792. The largest absolute Gasteiger partial charge is 0.375 e. The highest BCUT2D eigenvalue weighted by molar-refractivity contribution is 4.83. The van der Waals surface area contributed by atoms with Crippen molar-refractivity contribution in [2.24, 2.45) is 0 Å². The van der Waals surface area contributed by atoms with Crippen molar-refractivity contribution in [1.29, 1.82) is 0 Å². The molecule has 0 aliphatic carbocycles. The number of ether oxygens (including phenoxy) is 3. The SMILES string of the molecule is CC1(C)CC(NCC2CCOCO2)CCO1. The van der Waals surface area contributed by atoms with Crippen LogP contribution in [0, 0.1) is 0 Å². The smallest absolute Gasteiger partial charge is 0.147 e. The summed E-state index contributed by atoms with van der Waals surface area (Å²) in [7, 11) is 0. The van der Waals surface area contributed by atoms with Crippen molar-refractivity contribution in [2.75, 3.05) is 26.6 Å². The van der Waals surface area contributed by atoms with E-state index < -0.39 is 0 Å². The second kappa shape index (κ2) is 5.45. The van der Waals surface area contributed by atoms with Crippen molar-refractivity contribution in [3.8, 4) is 0 Å². The second-order valence-corrected chi connectivity index (χ2v) is 5.31. The highest BCUT2D eigenvalue weighted by Gasteiger charge is 2.29. The Morgan fingerprint density at radius 2 is 2.12 bits per heavy atom. The van der Waals surface area contributed by atoms with Gasteiger partial charge < -0.3 is 19.5 Å². The lowest BCUT2D eigenvalue weighted by Gasteiger charge is -2.36. The van der Waals surface area contributed by atoms with E-state index in [0.717, 1.165) is 39.0 Å². The first-order chi connectivity index (χ1) is 7.66. The van der Waals surface area contributed by atoms with Gasteiger partial charge in [-0.1, -0.05) is 0 Å². The molecule has 0 bridgehead atoms. The number of hydrogen-bond acceptors (Lipinski definition) is 4. The van der Waals surface area contributed by atoms with Gasteiger partial charge in [0.1, 0.15) is 6.79 Å². The van der Waals surface area contributed by atoms with E-state index in [4.69, 9.17) is 14.2 Å². The molecule has 0 radical (unpaired) electrons. The zero-order valence-electron chi connectivity index (χ0n) is 10.3. The first-order valence-corrected chi connectivity index (χ1v) is 6.22. The van der Waals surface area contributed by atoms with E-state index >= 15 is 0 Å². The summed E-state index contributed by atoms with van der Waals surface area (Å²) in [5, 5.41) is 3.59. The van der Waals surface area contributed by atoms with Gasteiger partial charge in [0, 0.05) is 19.2 Å². The average molecular weight is 229 g/mol. The molecule has 0 amide bonds. The van der Waals surface area contributed by atoms with Gasteiger partial charge in [-0.25, -0.2) is 0 Å². The van der Waals surface area contributed by atoms with Crippen molar-refractivity contribution in [3.63, 3.8) is 0 Å². The zero-order valence-corrected chi connectivity index (χ0v) is 10.3. The Kier molecular flexibility index (Phi) is 4.19. The molecule has 2 aliphatic rings. The molecule has 94 valence electrons. The Morgan fingerprint density at radius 1 is 1.25 bits per heavy atom. The van der Waals surface area contributed by atoms with E-state index in [-0.39, 0.29) is 5.60 Å². The normalized spacial score (nSPS) is 34.9. The Hall–Kier alpha value is -0.160. The molecule has 4 heteroatoms. The first kappa shape index (κ1) is 12.3. The maximum atomic E-state index is 5.70. The summed E-state index contributed by atoms with van der Waals surface area (Å²) >= 11 is 0. The lowest BCUT2D eigenvalue weighted by atomic mass is 9.94. The minimum atomic E-state index is 0.0203. The van der Waals surface area contributed by atoms with Crippen LogP contribution in [-0.2, 0) is 14.2 Å². The Bertz CT molecular complexity index is 214. The lowest BCUT2D eigenvalue weighted by Crippen LogP contribution is -2.46. The van der Waals surface area contributed by atoms with E-state index in [9.17, 15) is 0 Å². The van der Waals surface area contributed by atoms with Gasteiger partial charge in [-0.3, -0.25) is 0 Å². The molecule has 16 heavy (non-hydrogen) atoms. The average Bonchev–Trinajstić information content (AvgIpc) is 2.27. The topological polar surface area (TPSA) is 39.7 Å². The maximum absolute atomic E-state index is 5.70. The summed E-state index contributed by atoms with van der Waals surface area (Å²) in [6, 6.07) is 0.565. The number of hydrogen-bond donors (Lipinski definition) is 1. The molecule has 0 aromatic heterocycles.